The molecule has 0 amide bonds. The molecule has 0 spiro atoms. The van der Waals surface area contributed by atoms with Gasteiger partial charge in [-0.05, 0) is 24.1 Å². The largest absolute Gasteiger partial charge is 0.504 e. The Labute approximate surface area is 78.1 Å². The predicted molar refractivity (Wildman–Crippen MR) is 51.9 cm³/mol. The number of benzene rings is 1. The van der Waals surface area contributed by atoms with Gasteiger partial charge in [0.25, 0.3) is 0 Å². The lowest BCUT2D eigenvalue weighted by molar-refractivity contribution is 0.372. The lowest BCUT2D eigenvalue weighted by atomic mass is 10.1. The Morgan fingerprint density at radius 2 is 2.23 bits per heavy atom. The molecule has 0 bridgehead atoms. The number of methoxy groups -OCH3 is 1. The Morgan fingerprint density at radius 1 is 1.54 bits per heavy atom. The lowest BCUT2D eigenvalue weighted by Gasteiger charge is -2.10. The van der Waals surface area contributed by atoms with Crippen molar-refractivity contribution in [2.24, 2.45) is 5.73 Å². The predicted octanol–water partition coefficient (Wildman–Crippen LogP) is 1.81. The van der Waals surface area contributed by atoms with Gasteiger partial charge < -0.3 is 15.6 Å². The van der Waals surface area contributed by atoms with E-state index in [1.807, 2.05) is 13.0 Å². The molecule has 3 nitrogen and oxygen atoms in total. The van der Waals surface area contributed by atoms with Crippen LogP contribution in [0.4, 0.5) is 0 Å². The van der Waals surface area contributed by atoms with Gasteiger partial charge in [0.05, 0.1) is 7.11 Å². The van der Waals surface area contributed by atoms with E-state index in [0.29, 0.717) is 5.75 Å². The van der Waals surface area contributed by atoms with Crippen molar-refractivity contribution in [1.82, 2.24) is 0 Å². The molecule has 1 aromatic rings. The summed E-state index contributed by atoms with van der Waals surface area (Å²) in [5.74, 6) is 0.621. The van der Waals surface area contributed by atoms with Gasteiger partial charge >= 0.3 is 0 Å². The molecule has 13 heavy (non-hydrogen) atoms. The zero-order valence-corrected chi connectivity index (χ0v) is 7.95. The topological polar surface area (TPSA) is 55.5 Å². The van der Waals surface area contributed by atoms with E-state index < -0.39 is 0 Å². The highest BCUT2D eigenvalue weighted by Gasteiger charge is 2.06. The molecule has 0 aliphatic heterocycles. The summed E-state index contributed by atoms with van der Waals surface area (Å²) in [4.78, 5) is 0. The average molecular weight is 181 g/mol. The number of aromatic hydroxyl groups is 1. The van der Waals surface area contributed by atoms with Crippen molar-refractivity contribution < 1.29 is 9.84 Å². The van der Waals surface area contributed by atoms with Crippen molar-refractivity contribution in [1.29, 1.82) is 0 Å². The van der Waals surface area contributed by atoms with Crippen molar-refractivity contribution in [2.45, 2.75) is 19.4 Å². The number of phenols is 1. The molecule has 1 rings (SSSR count). The molecule has 0 fully saturated rings. The standard InChI is InChI=1S/C10H15NO2/c1-3-8(11)7-4-5-10(13-2)9(12)6-7/h4-6,8,12H,3,11H2,1-2H3/t8-/m0/s1. The van der Waals surface area contributed by atoms with Crippen molar-refractivity contribution in [3.05, 3.63) is 23.8 Å². The fraction of sp³-hybridized carbons (Fsp3) is 0.400. The molecule has 0 aromatic heterocycles. The number of ether oxygens (including phenoxy) is 1. The second-order valence-electron chi connectivity index (χ2n) is 2.95. The van der Waals surface area contributed by atoms with E-state index in [0.717, 1.165) is 12.0 Å². The molecule has 0 saturated carbocycles. The summed E-state index contributed by atoms with van der Waals surface area (Å²) in [7, 11) is 1.52. The maximum atomic E-state index is 9.46. The summed E-state index contributed by atoms with van der Waals surface area (Å²) in [6, 6.07) is 5.22. The molecule has 0 heterocycles. The normalized spacial score (nSPS) is 12.5. The minimum absolute atomic E-state index is 0.0168. The van der Waals surface area contributed by atoms with E-state index >= 15 is 0 Å². The minimum atomic E-state index is -0.0168. The van der Waals surface area contributed by atoms with Crippen LogP contribution in [0.3, 0.4) is 0 Å². The molecule has 0 saturated heterocycles. The molecule has 0 radical (unpaired) electrons. The van der Waals surface area contributed by atoms with Crippen molar-refractivity contribution in [3.8, 4) is 11.5 Å². The molecular weight excluding hydrogens is 166 g/mol. The number of nitrogens with two attached hydrogens (primary N) is 1. The number of hydrogen-bond acceptors (Lipinski definition) is 3. The first-order valence-electron chi connectivity index (χ1n) is 4.31. The van der Waals surface area contributed by atoms with Crippen molar-refractivity contribution in [3.63, 3.8) is 0 Å². The fourth-order valence-corrected chi connectivity index (χ4v) is 1.17. The third-order valence-corrected chi connectivity index (χ3v) is 2.07. The Balaban J connectivity index is 2.95. The van der Waals surface area contributed by atoms with Gasteiger partial charge in [0.1, 0.15) is 0 Å². The van der Waals surface area contributed by atoms with E-state index in [2.05, 4.69) is 0 Å². The van der Waals surface area contributed by atoms with Crippen LogP contribution in [0.2, 0.25) is 0 Å². The van der Waals surface area contributed by atoms with Crippen molar-refractivity contribution >= 4 is 0 Å². The third kappa shape index (κ3) is 2.12. The van der Waals surface area contributed by atoms with Crippen LogP contribution in [-0.2, 0) is 0 Å². The van der Waals surface area contributed by atoms with Gasteiger partial charge in [-0.1, -0.05) is 13.0 Å². The highest BCUT2D eigenvalue weighted by molar-refractivity contribution is 5.42. The molecule has 3 heteroatoms. The quantitative estimate of drug-likeness (QED) is 0.747. The van der Waals surface area contributed by atoms with Gasteiger partial charge in [-0.25, -0.2) is 0 Å². The molecule has 3 N–H and O–H groups in total. The van der Waals surface area contributed by atoms with Crippen LogP contribution in [0.1, 0.15) is 24.9 Å². The number of phenolic OH excluding ortho intramolecular Hbond substituents is 1. The zero-order valence-electron chi connectivity index (χ0n) is 7.95. The van der Waals surface area contributed by atoms with E-state index in [4.69, 9.17) is 10.5 Å². The van der Waals surface area contributed by atoms with Crippen LogP contribution >= 0.6 is 0 Å². The zero-order chi connectivity index (χ0) is 9.84. The number of rotatable bonds is 3. The van der Waals surface area contributed by atoms with Gasteiger partial charge in [-0.15, -0.1) is 0 Å². The van der Waals surface area contributed by atoms with Gasteiger partial charge in [0.2, 0.25) is 0 Å². The maximum absolute atomic E-state index is 9.46. The Kier molecular flexibility index (Phi) is 3.14. The average Bonchev–Trinajstić information content (AvgIpc) is 2.16. The summed E-state index contributed by atoms with van der Waals surface area (Å²) in [5, 5.41) is 9.46. The summed E-state index contributed by atoms with van der Waals surface area (Å²) >= 11 is 0. The molecule has 1 aromatic carbocycles. The van der Waals surface area contributed by atoms with Crippen LogP contribution in [0, 0.1) is 0 Å². The lowest BCUT2D eigenvalue weighted by Crippen LogP contribution is -2.08. The van der Waals surface area contributed by atoms with Crippen molar-refractivity contribution in [2.75, 3.05) is 7.11 Å². The summed E-state index contributed by atoms with van der Waals surface area (Å²) in [6.07, 6.45) is 0.853. The second kappa shape index (κ2) is 4.14. The Morgan fingerprint density at radius 3 is 2.69 bits per heavy atom. The summed E-state index contributed by atoms with van der Waals surface area (Å²) in [6.45, 7) is 2.01. The highest BCUT2D eigenvalue weighted by Crippen LogP contribution is 2.28. The van der Waals surface area contributed by atoms with Crippen LogP contribution in [0.5, 0.6) is 11.5 Å². The smallest absolute Gasteiger partial charge is 0.160 e. The van der Waals surface area contributed by atoms with Crippen LogP contribution in [0.25, 0.3) is 0 Å². The molecular formula is C10H15NO2. The monoisotopic (exact) mass is 181 g/mol. The van der Waals surface area contributed by atoms with Gasteiger partial charge in [-0.2, -0.15) is 0 Å². The van der Waals surface area contributed by atoms with E-state index in [-0.39, 0.29) is 11.8 Å². The van der Waals surface area contributed by atoms with Gasteiger partial charge in [-0.3, -0.25) is 0 Å². The summed E-state index contributed by atoms with van der Waals surface area (Å²) in [5.41, 5.74) is 6.73. The number of hydrogen-bond donors (Lipinski definition) is 2. The van der Waals surface area contributed by atoms with Gasteiger partial charge in [0, 0.05) is 6.04 Å². The summed E-state index contributed by atoms with van der Waals surface area (Å²) < 4.78 is 4.92. The second-order valence-corrected chi connectivity index (χ2v) is 2.95. The third-order valence-electron chi connectivity index (χ3n) is 2.07. The first-order chi connectivity index (χ1) is 6.19. The molecule has 0 unspecified atom stereocenters. The minimum Gasteiger partial charge on any atom is -0.504 e. The molecule has 0 aliphatic carbocycles. The molecule has 1 atom stereocenters. The van der Waals surface area contributed by atoms with Crippen LogP contribution in [0.15, 0.2) is 18.2 Å². The first kappa shape index (κ1) is 9.86. The fourth-order valence-electron chi connectivity index (χ4n) is 1.17. The highest BCUT2D eigenvalue weighted by atomic mass is 16.5. The molecule has 72 valence electrons. The SMILES string of the molecule is CC[C@H](N)c1ccc(OC)c(O)c1. The van der Waals surface area contributed by atoms with E-state index in [9.17, 15) is 5.11 Å². The molecule has 0 aliphatic rings. The maximum Gasteiger partial charge on any atom is 0.160 e. The Bertz CT molecular complexity index is 286. The van der Waals surface area contributed by atoms with E-state index in [1.165, 1.54) is 7.11 Å². The van der Waals surface area contributed by atoms with Crippen LogP contribution < -0.4 is 10.5 Å². The van der Waals surface area contributed by atoms with E-state index in [1.54, 1.807) is 12.1 Å². The van der Waals surface area contributed by atoms with Crippen LogP contribution in [-0.4, -0.2) is 12.2 Å². The Hall–Kier alpha value is -1.22. The first-order valence-corrected chi connectivity index (χ1v) is 4.31. The van der Waals surface area contributed by atoms with Gasteiger partial charge in [0.15, 0.2) is 11.5 Å².